The normalized spacial score (nSPS) is 18.1. The maximum Gasteiger partial charge on any atom is 0.0635 e. The van der Waals surface area contributed by atoms with Crippen LogP contribution in [0, 0.1) is 5.41 Å². The fourth-order valence-electron chi connectivity index (χ4n) is 4.62. The number of nitrogens with one attached hydrogen (secondary N) is 2. The van der Waals surface area contributed by atoms with Crippen LogP contribution in [0.2, 0.25) is 0 Å². The molecule has 0 saturated carbocycles. The molecule has 1 heterocycles. The van der Waals surface area contributed by atoms with Crippen molar-refractivity contribution in [2.45, 2.75) is 59.0 Å². The molecule has 2 N–H and O–H groups in total. The molecule has 0 amide bonds. The van der Waals surface area contributed by atoms with E-state index in [1.54, 1.807) is 6.08 Å². The average molecular weight is 470 g/mol. The molecule has 2 aromatic carbocycles. The summed E-state index contributed by atoms with van der Waals surface area (Å²) in [7, 11) is 4.19. The first-order chi connectivity index (χ1) is 17.0. The molecule has 2 atom stereocenters. The predicted octanol–water partition coefficient (Wildman–Crippen LogP) is 7.92. The first kappa shape index (κ1) is 28.1. The maximum atomic E-state index is 9.31. The SMILES string of the molecule is C=CC.CC.CCc1cccc2c1C(=N)C(c1cccc(CN(C)C)c1)C(C1=CCC=CC=C1)N2. The quantitative estimate of drug-likeness (QED) is 0.437. The van der Waals surface area contributed by atoms with Crippen molar-refractivity contribution in [3.8, 4) is 0 Å². The summed E-state index contributed by atoms with van der Waals surface area (Å²) in [4.78, 5) is 2.19. The first-order valence-electron chi connectivity index (χ1n) is 12.8. The van der Waals surface area contributed by atoms with Gasteiger partial charge in [-0.25, -0.2) is 0 Å². The van der Waals surface area contributed by atoms with Gasteiger partial charge in [0.1, 0.15) is 0 Å². The molecule has 0 aromatic heterocycles. The Kier molecular flexibility index (Phi) is 11.5. The summed E-state index contributed by atoms with van der Waals surface area (Å²) in [5.41, 5.74) is 7.86. The van der Waals surface area contributed by atoms with Gasteiger partial charge in [0, 0.05) is 17.8 Å². The average Bonchev–Trinajstić information content (AvgIpc) is 3.14. The highest BCUT2D eigenvalue weighted by atomic mass is 15.0. The maximum absolute atomic E-state index is 9.31. The third-order valence-corrected chi connectivity index (χ3v) is 5.95. The minimum atomic E-state index is -0.0266. The molecule has 0 bridgehead atoms. The van der Waals surface area contributed by atoms with Crippen LogP contribution in [0.1, 0.15) is 62.3 Å². The summed E-state index contributed by atoms with van der Waals surface area (Å²) in [6, 6.07) is 15.2. The Morgan fingerprint density at radius 3 is 2.51 bits per heavy atom. The largest absolute Gasteiger partial charge is 0.377 e. The second-order valence-electron chi connectivity index (χ2n) is 8.82. The van der Waals surface area contributed by atoms with E-state index in [0.717, 1.165) is 36.3 Å². The Morgan fingerprint density at radius 2 is 1.83 bits per heavy atom. The van der Waals surface area contributed by atoms with E-state index in [9.17, 15) is 5.41 Å². The Labute approximate surface area is 213 Å². The molecule has 1 aliphatic carbocycles. The molecule has 35 heavy (non-hydrogen) atoms. The van der Waals surface area contributed by atoms with E-state index < -0.39 is 0 Å². The molecule has 2 aromatic rings. The van der Waals surface area contributed by atoms with Gasteiger partial charge in [0.05, 0.1) is 17.7 Å². The van der Waals surface area contributed by atoms with Crippen molar-refractivity contribution in [1.82, 2.24) is 4.90 Å². The van der Waals surface area contributed by atoms with Crippen LogP contribution in [0.15, 0.2) is 91.1 Å². The van der Waals surface area contributed by atoms with Crippen molar-refractivity contribution < 1.29 is 0 Å². The highest BCUT2D eigenvalue weighted by Crippen LogP contribution is 2.40. The van der Waals surface area contributed by atoms with Crippen molar-refractivity contribution in [3.63, 3.8) is 0 Å². The summed E-state index contributed by atoms with van der Waals surface area (Å²) in [5.74, 6) is -0.0266. The number of nitrogens with zero attached hydrogens (tertiary/aromatic N) is 1. The van der Waals surface area contributed by atoms with Crippen molar-refractivity contribution in [3.05, 3.63) is 113 Å². The molecule has 0 fully saturated rings. The van der Waals surface area contributed by atoms with Crippen LogP contribution < -0.4 is 5.32 Å². The standard InChI is InChI=1S/C27H31N3.C3H6.C2H6/c1-4-20-14-10-16-23-24(20)26(28)25(22-15-9-11-19(17-22)18-30(2)3)27(29-23)21-12-7-5-6-8-13-21;1-3-2;1-2/h5-7,9-17,25,27-29H,4,8,18H2,1-3H3;3H,1H2,2H3;1-2H3. The summed E-state index contributed by atoms with van der Waals surface area (Å²) < 4.78 is 0. The minimum absolute atomic E-state index is 0.0266. The van der Waals surface area contributed by atoms with Crippen LogP contribution in [0.5, 0.6) is 0 Å². The first-order valence-corrected chi connectivity index (χ1v) is 12.8. The fraction of sp³-hybridized carbons (Fsp3) is 0.344. The van der Waals surface area contributed by atoms with Crippen LogP contribution in [-0.2, 0) is 13.0 Å². The summed E-state index contributed by atoms with van der Waals surface area (Å²) in [6.45, 7) is 12.3. The molecular formula is C32H43N3. The third-order valence-electron chi connectivity index (χ3n) is 5.95. The Hall–Kier alpha value is -3.17. The van der Waals surface area contributed by atoms with Gasteiger partial charge in [-0.3, -0.25) is 0 Å². The molecule has 2 unspecified atom stereocenters. The van der Waals surface area contributed by atoms with Crippen LogP contribution in [0.3, 0.4) is 0 Å². The molecule has 186 valence electrons. The van der Waals surface area contributed by atoms with Crippen molar-refractivity contribution in [1.29, 1.82) is 5.41 Å². The van der Waals surface area contributed by atoms with E-state index >= 15 is 0 Å². The van der Waals surface area contributed by atoms with Crippen LogP contribution in [0.25, 0.3) is 0 Å². The Balaban J connectivity index is 0.000000803. The van der Waals surface area contributed by atoms with Crippen LogP contribution >= 0.6 is 0 Å². The minimum Gasteiger partial charge on any atom is -0.377 e. The summed E-state index contributed by atoms with van der Waals surface area (Å²) in [6.07, 6.45) is 14.5. The van der Waals surface area contributed by atoms with Crippen molar-refractivity contribution in [2.75, 3.05) is 19.4 Å². The van der Waals surface area contributed by atoms with Gasteiger partial charge in [-0.15, -0.1) is 6.58 Å². The predicted molar refractivity (Wildman–Crippen MR) is 155 cm³/mol. The number of aryl methyl sites for hydroxylation is 1. The van der Waals surface area contributed by atoms with Gasteiger partial charge in [-0.05, 0) is 62.2 Å². The Bertz CT molecular complexity index is 1070. The zero-order chi connectivity index (χ0) is 25.8. The monoisotopic (exact) mass is 469 g/mol. The van der Waals surface area contributed by atoms with Crippen molar-refractivity contribution >= 4 is 11.4 Å². The zero-order valence-corrected chi connectivity index (χ0v) is 22.4. The van der Waals surface area contributed by atoms with Crippen LogP contribution in [-0.4, -0.2) is 30.7 Å². The van der Waals surface area contributed by atoms with Gasteiger partial charge >= 0.3 is 0 Å². The number of hydrogen-bond donors (Lipinski definition) is 2. The number of rotatable bonds is 5. The molecule has 0 radical (unpaired) electrons. The molecule has 3 nitrogen and oxygen atoms in total. The molecule has 0 saturated heterocycles. The lowest BCUT2D eigenvalue weighted by atomic mass is 9.75. The van der Waals surface area contributed by atoms with Crippen molar-refractivity contribution in [2.24, 2.45) is 0 Å². The van der Waals surface area contributed by atoms with E-state index in [0.29, 0.717) is 0 Å². The Morgan fingerprint density at radius 1 is 1.11 bits per heavy atom. The topological polar surface area (TPSA) is 39.1 Å². The zero-order valence-electron chi connectivity index (χ0n) is 22.4. The number of benzene rings is 2. The lowest BCUT2D eigenvalue weighted by molar-refractivity contribution is 0.402. The fourth-order valence-corrected chi connectivity index (χ4v) is 4.62. The van der Waals surface area contributed by atoms with Crippen LogP contribution in [0.4, 0.5) is 5.69 Å². The van der Waals surface area contributed by atoms with Gasteiger partial charge in [0.15, 0.2) is 0 Å². The summed E-state index contributed by atoms with van der Waals surface area (Å²) in [5, 5.41) is 13.1. The smallest absolute Gasteiger partial charge is 0.0635 e. The molecule has 1 aliphatic heterocycles. The van der Waals surface area contributed by atoms with E-state index in [-0.39, 0.29) is 12.0 Å². The summed E-state index contributed by atoms with van der Waals surface area (Å²) >= 11 is 0. The van der Waals surface area contributed by atoms with E-state index in [4.69, 9.17) is 0 Å². The van der Waals surface area contributed by atoms with E-state index in [1.165, 1.54) is 22.3 Å². The highest BCUT2D eigenvalue weighted by molar-refractivity contribution is 6.11. The van der Waals surface area contributed by atoms with Gasteiger partial charge in [0.2, 0.25) is 0 Å². The number of fused-ring (bicyclic) bond motifs is 1. The van der Waals surface area contributed by atoms with E-state index in [1.807, 2.05) is 20.8 Å². The molecule has 4 rings (SSSR count). The number of anilines is 1. The van der Waals surface area contributed by atoms with E-state index in [2.05, 4.69) is 111 Å². The lowest BCUT2D eigenvalue weighted by Gasteiger charge is -2.37. The van der Waals surface area contributed by atoms with Gasteiger partial charge < -0.3 is 15.6 Å². The second-order valence-corrected chi connectivity index (χ2v) is 8.82. The molecule has 3 heteroatoms. The molecule has 0 spiro atoms. The third kappa shape index (κ3) is 7.16. The van der Waals surface area contributed by atoms with Gasteiger partial charge in [-0.1, -0.05) is 93.6 Å². The molecule has 2 aliphatic rings. The lowest BCUT2D eigenvalue weighted by Crippen LogP contribution is -2.39. The number of allylic oxidation sites excluding steroid dienone is 5. The number of hydrogen-bond acceptors (Lipinski definition) is 3. The highest BCUT2D eigenvalue weighted by Gasteiger charge is 2.36. The molecular weight excluding hydrogens is 426 g/mol. The van der Waals surface area contributed by atoms with Gasteiger partial charge in [0.25, 0.3) is 0 Å². The van der Waals surface area contributed by atoms with Gasteiger partial charge in [-0.2, -0.15) is 0 Å². The second kappa shape index (κ2) is 14.3.